The first-order valence-corrected chi connectivity index (χ1v) is 8.65. The number of hydrogen-bond donors (Lipinski definition) is 0. The van der Waals surface area contributed by atoms with Crippen LogP contribution >= 0.6 is 18.6 Å². The van der Waals surface area contributed by atoms with E-state index < -0.39 is 17.0 Å². The zero-order valence-electron chi connectivity index (χ0n) is 10.0. The predicted octanol–water partition coefficient (Wildman–Crippen LogP) is 2.11. The van der Waals surface area contributed by atoms with Crippen molar-refractivity contribution < 1.29 is 36.2 Å². The Bertz CT molecular complexity index is 217. The molecule has 0 atom stereocenters. The summed E-state index contributed by atoms with van der Waals surface area (Å²) < 4.78 is 0. The third-order valence-electron chi connectivity index (χ3n) is 0.813. The van der Waals surface area contributed by atoms with Crippen LogP contribution in [-0.2, 0) is 36.2 Å². The van der Waals surface area contributed by atoms with Gasteiger partial charge in [0, 0.05) is 23.1 Å². The zero-order chi connectivity index (χ0) is 14.4. The summed E-state index contributed by atoms with van der Waals surface area (Å²) in [4.78, 5) is 39.9. The molecule has 0 aliphatic rings. The van der Waals surface area contributed by atoms with Crippen LogP contribution in [0.2, 0.25) is 0 Å². The van der Waals surface area contributed by atoms with E-state index in [-0.39, 0.29) is 23.1 Å². The Morgan fingerprint density at radius 2 is 0.824 bits per heavy atom. The van der Waals surface area contributed by atoms with Gasteiger partial charge in [0.15, 0.2) is 0 Å². The standard InChI is InChI=1S/2C5H7O2.2ClH.Ti/c2*1-4(6)3-5(2)7;;;/h2*3H,1-2H3;2*1H;/q2*-1;;;+6/p-2. The molecule has 7 heteroatoms. The van der Waals surface area contributed by atoms with Gasteiger partial charge < -0.3 is 19.2 Å². The quantitative estimate of drug-likeness (QED) is 0.452. The molecule has 0 spiro atoms. The van der Waals surface area contributed by atoms with Crippen LogP contribution in [0.5, 0.6) is 0 Å². The molecule has 0 saturated heterocycles. The van der Waals surface area contributed by atoms with Crippen molar-refractivity contribution in [1.82, 2.24) is 0 Å². The van der Waals surface area contributed by atoms with Gasteiger partial charge in [0.2, 0.25) is 0 Å². The van der Waals surface area contributed by atoms with Crippen LogP contribution in [0.25, 0.3) is 0 Å². The van der Waals surface area contributed by atoms with Crippen LogP contribution in [0.3, 0.4) is 0 Å². The molecule has 0 fully saturated rings. The van der Waals surface area contributed by atoms with Crippen LogP contribution in [0, 0.1) is 12.8 Å². The fraction of sp³-hybridized carbons (Fsp3) is 0.400. The van der Waals surface area contributed by atoms with Gasteiger partial charge in [-0.1, -0.05) is 0 Å². The number of ketones is 4. The van der Waals surface area contributed by atoms with Crippen LogP contribution in [-0.4, -0.2) is 23.1 Å². The van der Waals surface area contributed by atoms with Crippen LogP contribution < -0.4 is 0 Å². The van der Waals surface area contributed by atoms with Gasteiger partial charge in [-0.25, -0.2) is 0 Å². The Morgan fingerprint density at radius 3 is 0.824 bits per heavy atom. The second-order valence-electron chi connectivity index (χ2n) is 2.80. The van der Waals surface area contributed by atoms with E-state index >= 15 is 0 Å². The maximum absolute atomic E-state index is 9.98. The number of carbonyl (C=O) groups excluding carboxylic acids is 4. The molecule has 0 aliphatic carbocycles. The second-order valence-corrected chi connectivity index (χ2v) is 5.38. The molecule has 17 heavy (non-hydrogen) atoms. The van der Waals surface area contributed by atoms with E-state index in [0.717, 1.165) is 12.8 Å². The van der Waals surface area contributed by atoms with E-state index in [1.807, 2.05) is 0 Å². The van der Waals surface area contributed by atoms with Gasteiger partial charge in [0.05, 0.1) is 0 Å². The Kier molecular flexibility index (Phi) is 20.3. The first kappa shape index (κ1) is 21.9. The number of hydrogen-bond acceptors (Lipinski definition) is 4. The van der Waals surface area contributed by atoms with E-state index in [1.54, 1.807) is 0 Å². The molecule has 0 aromatic heterocycles. The Morgan fingerprint density at radius 1 is 0.706 bits per heavy atom. The average molecular weight is 317 g/mol. The molecular weight excluding hydrogens is 303 g/mol. The van der Waals surface area contributed by atoms with E-state index in [0.29, 0.717) is 0 Å². The molecule has 0 aromatic rings. The van der Waals surface area contributed by atoms with Crippen LogP contribution in [0.1, 0.15) is 27.7 Å². The molecule has 0 heterocycles. The topological polar surface area (TPSA) is 68.3 Å². The van der Waals surface area contributed by atoms with Gasteiger partial charge in [0.25, 0.3) is 0 Å². The molecule has 0 N–H and O–H groups in total. The third kappa shape index (κ3) is 49.7. The van der Waals surface area contributed by atoms with E-state index in [1.165, 1.54) is 27.7 Å². The Hall–Kier alpha value is -0.286. The van der Waals surface area contributed by atoms with Crippen molar-refractivity contribution in [2.24, 2.45) is 0 Å². The number of Topliss-reactive ketones (excluding diaryl/α,β-unsaturated/α-hetero) is 4. The van der Waals surface area contributed by atoms with Crippen molar-refractivity contribution in [1.29, 1.82) is 0 Å². The Labute approximate surface area is 118 Å². The summed E-state index contributed by atoms with van der Waals surface area (Å²) in [7, 11) is 9.78. The molecule has 94 valence electrons. The summed E-state index contributed by atoms with van der Waals surface area (Å²) in [5.41, 5.74) is 0. The molecule has 0 radical (unpaired) electrons. The predicted molar refractivity (Wildman–Crippen MR) is 63.0 cm³/mol. The SMILES string of the molecule is CC(=O)[CH-]C(C)=O.CC(=O)[CH-]C(C)=O.[Cl][Ti+4][Cl]. The minimum atomic E-state index is -0.556. The van der Waals surface area contributed by atoms with E-state index in [2.05, 4.69) is 0 Å². The van der Waals surface area contributed by atoms with Crippen LogP contribution in [0.4, 0.5) is 0 Å². The summed E-state index contributed by atoms with van der Waals surface area (Å²) in [5, 5.41) is 0. The van der Waals surface area contributed by atoms with Gasteiger partial charge in [-0.05, 0) is 27.7 Å². The third-order valence-corrected chi connectivity index (χ3v) is 0.813. The molecule has 0 aliphatic heterocycles. The summed E-state index contributed by atoms with van der Waals surface area (Å²) in [6.07, 6.45) is 2.11. The molecule has 0 rings (SSSR count). The van der Waals surface area contributed by atoms with Crippen molar-refractivity contribution >= 4 is 41.7 Å². The molecule has 0 saturated carbocycles. The first-order valence-electron chi connectivity index (χ1n) is 4.35. The monoisotopic (exact) mass is 316 g/mol. The molecule has 0 amide bonds. The van der Waals surface area contributed by atoms with E-state index in [9.17, 15) is 19.2 Å². The summed E-state index contributed by atoms with van der Waals surface area (Å²) >= 11 is -0.556. The summed E-state index contributed by atoms with van der Waals surface area (Å²) in [6.45, 7) is 5.39. The van der Waals surface area contributed by atoms with Crippen molar-refractivity contribution in [2.75, 3.05) is 0 Å². The normalized spacial score (nSPS) is 7.65. The first-order chi connectivity index (χ1) is 7.67. The molecule has 0 bridgehead atoms. The Balaban J connectivity index is -0.000000188. The molecule has 0 unspecified atom stereocenters. The molecule has 4 nitrogen and oxygen atoms in total. The molecular formula is C10H14Cl2O4Ti+2. The fourth-order valence-electron chi connectivity index (χ4n) is 0.572. The molecule has 0 aromatic carbocycles. The van der Waals surface area contributed by atoms with Gasteiger partial charge >= 0.3 is 35.6 Å². The second kappa shape index (κ2) is 15.7. The van der Waals surface area contributed by atoms with E-state index in [4.69, 9.17) is 18.6 Å². The van der Waals surface area contributed by atoms with Crippen molar-refractivity contribution in [3.05, 3.63) is 12.8 Å². The number of carbonyl (C=O) groups is 4. The average Bonchev–Trinajstić information content (AvgIpc) is 1.99. The fourth-order valence-corrected chi connectivity index (χ4v) is 0.572. The van der Waals surface area contributed by atoms with Gasteiger partial charge in [-0.2, -0.15) is 0 Å². The maximum atomic E-state index is 9.98. The van der Waals surface area contributed by atoms with Crippen molar-refractivity contribution in [2.45, 2.75) is 27.7 Å². The minimum absolute atomic E-state index is 0.187. The number of halogens is 2. The summed E-state index contributed by atoms with van der Waals surface area (Å²) in [5.74, 6) is -0.750. The summed E-state index contributed by atoms with van der Waals surface area (Å²) in [6, 6.07) is 0. The zero-order valence-corrected chi connectivity index (χ0v) is 13.1. The van der Waals surface area contributed by atoms with Gasteiger partial charge in [0.1, 0.15) is 0 Å². The van der Waals surface area contributed by atoms with Crippen LogP contribution in [0.15, 0.2) is 0 Å². The van der Waals surface area contributed by atoms with Gasteiger partial charge in [-0.15, -0.1) is 0 Å². The number of rotatable bonds is 4. The van der Waals surface area contributed by atoms with Gasteiger partial charge in [-0.3, -0.25) is 12.8 Å². The van der Waals surface area contributed by atoms with Crippen molar-refractivity contribution in [3.63, 3.8) is 0 Å². The van der Waals surface area contributed by atoms with Crippen molar-refractivity contribution in [3.8, 4) is 0 Å².